The Morgan fingerprint density at radius 3 is 2.50 bits per heavy atom. The topological polar surface area (TPSA) is 19.7 Å². The molecule has 1 aliphatic carbocycles. The third-order valence-corrected chi connectivity index (χ3v) is 5.35. The first-order valence-corrected chi connectivity index (χ1v) is 8.80. The highest BCUT2D eigenvalue weighted by Gasteiger charge is 2.29. The Balaban J connectivity index is 1.50. The van der Waals surface area contributed by atoms with Crippen LogP contribution < -0.4 is 10.2 Å². The van der Waals surface area contributed by atoms with Gasteiger partial charge < -0.3 is 15.1 Å². The van der Waals surface area contributed by atoms with E-state index in [0.717, 1.165) is 32.2 Å². The number of hydrogen-bond donors (Lipinski definition) is 2. The Morgan fingerprint density at radius 1 is 1.14 bits per heavy atom. The molecule has 1 saturated carbocycles. The summed E-state index contributed by atoms with van der Waals surface area (Å²) in [4.78, 5) is 3.92. The monoisotopic (exact) mass is 322 g/mol. The summed E-state index contributed by atoms with van der Waals surface area (Å²) >= 11 is 5.45. The predicted molar refractivity (Wildman–Crippen MR) is 91.8 cm³/mol. The van der Waals surface area contributed by atoms with Crippen molar-refractivity contribution < 1.29 is 9.29 Å². The highest BCUT2D eigenvalue weighted by atomic mass is 32.1. The number of nitrogens with zero attached hydrogens (tertiary/aromatic N) is 1. The molecule has 0 aromatic heterocycles. The zero-order valence-corrected chi connectivity index (χ0v) is 13.8. The van der Waals surface area contributed by atoms with E-state index in [1.165, 1.54) is 38.2 Å². The first-order chi connectivity index (χ1) is 10.7. The summed E-state index contributed by atoms with van der Waals surface area (Å²) in [7, 11) is 0. The van der Waals surface area contributed by atoms with Crippen LogP contribution in [0.1, 0.15) is 32.1 Å². The van der Waals surface area contributed by atoms with Crippen LogP contribution in [-0.4, -0.2) is 42.2 Å². The molecule has 0 atom stereocenters. The largest absolute Gasteiger partial charge is 0.338 e. The summed E-state index contributed by atoms with van der Waals surface area (Å²) in [5.74, 6) is -0.253. The van der Waals surface area contributed by atoms with Crippen molar-refractivity contribution in [1.82, 2.24) is 4.90 Å². The van der Waals surface area contributed by atoms with Crippen molar-refractivity contribution in [2.75, 3.05) is 31.5 Å². The van der Waals surface area contributed by atoms with E-state index in [-0.39, 0.29) is 5.82 Å². The fourth-order valence-corrected chi connectivity index (χ4v) is 3.97. The molecular formula is C17H25FN3S+. The van der Waals surface area contributed by atoms with Gasteiger partial charge in [-0.15, -0.1) is 0 Å². The van der Waals surface area contributed by atoms with Gasteiger partial charge in [0.15, 0.2) is 5.11 Å². The SMILES string of the molecule is Fc1ccccc1NC(=S)N1CC[NH+](C2CCCCC2)CC1. The second-order valence-corrected chi connectivity index (χ2v) is 6.78. The molecule has 0 unspecified atom stereocenters. The maximum Gasteiger partial charge on any atom is 0.173 e. The van der Waals surface area contributed by atoms with E-state index < -0.39 is 0 Å². The Morgan fingerprint density at radius 2 is 1.82 bits per heavy atom. The van der Waals surface area contributed by atoms with Gasteiger partial charge in [0.2, 0.25) is 0 Å². The lowest BCUT2D eigenvalue weighted by Crippen LogP contribution is -3.18. The molecule has 1 aromatic carbocycles. The second-order valence-electron chi connectivity index (χ2n) is 6.39. The normalized spacial score (nSPS) is 20.9. The molecule has 1 saturated heterocycles. The van der Waals surface area contributed by atoms with Crippen LogP contribution in [0.3, 0.4) is 0 Å². The van der Waals surface area contributed by atoms with Gasteiger partial charge in [-0.1, -0.05) is 18.6 Å². The molecule has 22 heavy (non-hydrogen) atoms. The van der Waals surface area contributed by atoms with Gasteiger partial charge in [0.1, 0.15) is 5.82 Å². The standard InChI is InChI=1S/C17H24FN3S/c18-15-8-4-5-9-16(15)19-17(22)21-12-10-20(11-13-21)14-6-2-1-3-7-14/h4-5,8-9,14H,1-3,6-7,10-13H2,(H,19,22)/p+1. The van der Waals surface area contributed by atoms with Gasteiger partial charge in [0, 0.05) is 0 Å². The van der Waals surface area contributed by atoms with Crippen molar-refractivity contribution in [3.8, 4) is 0 Å². The number of nitrogens with one attached hydrogen (secondary N) is 2. The first-order valence-electron chi connectivity index (χ1n) is 8.39. The van der Waals surface area contributed by atoms with Crippen LogP contribution in [0, 0.1) is 5.82 Å². The van der Waals surface area contributed by atoms with Gasteiger partial charge >= 0.3 is 0 Å². The molecule has 0 radical (unpaired) electrons. The predicted octanol–water partition coefficient (Wildman–Crippen LogP) is 2.06. The molecule has 1 aliphatic heterocycles. The lowest BCUT2D eigenvalue weighted by molar-refractivity contribution is -0.930. The maximum absolute atomic E-state index is 13.7. The Bertz CT molecular complexity index is 508. The van der Waals surface area contributed by atoms with E-state index >= 15 is 0 Å². The van der Waals surface area contributed by atoms with Gasteiger partial charge in [-0.25, -0.2) is 4.39 Å². The Labute approximate surface area is 137 Å². The lowest BCUT2D eigenvalue weighted by Gasteiger charge is -2.38. The highest BCUT2D eigenvalue weighted by molar-refractivity contribution is 7.80. The number of piperazine rings is 1. The molecule has 120 valence electrons. The first kappa shape index (κ1) is 15.7. The van der Waals surface area contributed by atoms with Crippen LogP contribution in [0.5, 0.6) is 0 Å². The van der Waals surface area contributed by atoms with Crippen LogP contribution in [0.2, 0.25) is 0 Å². The average Bonchev–Trinajstić information content (AvgIpc) is 2.58. The molecule has 1 aromatic rings. The summed E-state index contributed by atoms with van der Waals surface area (Å²) < 4.78 is 13.7. The summed E-state index contributed by atoms with van der Waals surface area (Å²) in [6, 6.07) is 7.54. The summed E-state index contributed by atoms with van der Waals surface area (Å²) in [6.45, 7) is 4.21. The smallest absolute Gasteiger partial charge is 0.173 e. The number of hydrogen-bond acceptors (Lipinski definition) is 1. The Hall–Kier alpha value is -1.20. The molecule has 2 N–H and O–H groups in total. The molecule has 3 nitrogen and oxygen atoms in total. The van der Waals surface area contributed by atoms with Gasteiger partial charge in [0.05, 0.1) is 37.9 Å². The van der Waals surface area contributed by atoms with Gasteiger partial charge in [0.25, 0.3) is 0 Å². The second kappa shape index (κ2) is 7.38. The molecule has 5 heteroatoms. The van der Waals surface area contributed by atoms with Crippen LogP contribution in [0.4, 0.5) is 10.1 Å². The van der Waals surface area contributed by atoms with Crippen molar-refractivity contribution in [2.24, 2.45) is 0 Å². The number of thiocarbonyl (C=S) groups is 1. The van der Waals surface area contributed by atoms with E-state index in [4.69, 9.17) is 12.2 Å². The fourth-order valence-electron chi connectivity index (χ4n) is 3.67. The quantitative estimate of drug-likeness (QED) is 0.813. The fraction of sp³-hybridized carbons (Fsp3) is 0.588. The Kier molecular flexibility index (Phi) is 5.26. The number of halogens is 1. The minimum absolute atomic E-state index is 0.253. The minimum Gasteiger partial charge on any atom is -0.338 e. The molecular weight excluding hydrogens is 297 g/mol. The molecule has 1 heterocycles. The zero-order valence-electron chi connectivity index (χ0n) is 13.0. The van der Waals surface area contributed by atoms with Crippen molar-refractivity contribution >= 4 is 23.0 Å². The number of quaternary nitrogens is 1. The van der Waals surface area contributed by atoms with E-state index in [9.17, 15) is 4.39 Å². The molecule has 0 amide bonds. The van der Waals surface area contributed by atoms with Gasteiger partial charge in [-0.2, -0.15) is 0 Å². The molecule has 2 aliphatic rings. The van der Waals surface area contributed by atoms with E-state index in [0.29, 0.717) is 10.8 Å². The summed E-state index contributed by atoms with van der Waals surface area (Å²) in [5, 5.41) is 3.69. The van der Waals surface area contributed by atoms with Crippen LogP contribution in [0.25, 0.3) is 0 Å². The highest BCUT2D eigenvalue weighted by Crippen LogP contribution is 2.16. The number of rotatable bonds is 2. The van der Waals surface area contributed by atoms with Crippen molar-refractivity contribution in [3.63, 3.8) is 0 Å². The number of benzene rings is 1. The van der Waals surface area contributed by atoms with Crippen molar-refractivity contribution in [1.29, 1.82) is 0 Å². The summed E-state index contributed by atoms with van der Waals surface area (Å²) in [5.41, 5.74) is 0.467. The van der Waals surface area contributed by atoms with E-state index in [1.54, 1.807) is 17.0 Å². The van der Waals surface area contributed by atoms with Crippen molar-refractivity contribution in [2.45, 2.75) is 38.1 Å². The van der Waals surface area contributed by atoms with E-state index in [1.807, 2.05) is 6.07 Å². The molecule has 3 rings (SSSR count). The van der Waals surface area contributed by atoms with Crippen molar-refractivity contribution in [3.05, 3.63) is 30.1 Å². The maximum atomic E-state index is 13.7. The zero-order chi connectivity index (χ0) is 15.4. The van der Waals surface area contributed by atoms with Gasteiger partial charge in [-0.05, 0) is 50.0 Å². The van der Waals surface area contributed by atoms with E-state index in [2.05, 4.69) is 10.2 Å². The molecule has 0 bridgehead atoms. The minimum atomic E-state index is -0.253. The third kappa shape index (κ3) is 3.76. The molecule has 0 spiro atoms. The van der Waals surface area contributed by atoms with Crippen LogP contribution >= 0.6 is 12.2 Å². The summed E-state index contributed by atoms with van der Waals surface area (Å²) in [6.07, 6.45) is 6.96. The number of para-hydroxylation sites is 1. The third-order valence-electron chi connectivity index (χ3n) is 4.99. The van der Waals surface area contributed by atoms with Crippen LogP contribution in [-0.2, 0) is 0 Å². The van der Waals surface area contributed by atoms with Crippen LogP contribution in [0.15, 0.2) is 24.3 Å². The average molecular weight is 322 g/mol. The van der Waals surface area contributed by atoms with Gasteiger partial charge in [-0.3, -0.25) is 0 Å². The molecule has 2 fully saturated rings. The lowest BCUT2D eigenvalue weighted by atomic mass is 9.94. The number of anilines is 1.